The highest BCUT2D eigenvalue weighted by Gasteiger charge is 2.37. The molecule has 0 atom stereocenters. The van der Waals surface area contributed by atoms with Gasteiger partial charge >= 0.3 is 0 Å². The van der Waals surface area contributed by atoms with Crippen molar-refractivity contribution in [1.29, 1.82) is 0 Å². The number of ether oxygens (including phenoxy) is 2. The molecular weight excluding hydrogens is 562 g/mol. The smallest absolute Gasteiger partial charge is 0.0557 e. The van der Waals surface area contributed by atoms with Crippen LogP contribution in [0.25, 0.3) is 0 Å². The Morgan fingerprint density at radius 1 is 0.478 bits per heavy atom. The van der Waals surface area contributed by atoms with E-state index in [2.05, 4.69) is 74.4 Å². The molecule has 0 unspecified atom stereocenters. The van der Waals surface area contributed by atoms with Crippen LogP contribution in [0.1, 0.15) is 174 Å². The Bertz CT molecular complexity index is 687. The normalized spacial score (nSPS) is 15.6. The van der Waals surface area contributed by atoms with Crippen molar-refractivity contribution in [3.8, 4) is 0 Å². The highest BCUT2D eigenvalue weighted by atomic mass is 16.5. The fourth-order valence-corrected chi connectivity index (χ4v) is 6.40. The molecule has 0 N–H and O–H groups in total. The van der Waals surface area contributed by atoms with E-state index in [-0.39, 0.29) is 5.41 Å². The fraction of sp³-hybridized carbons (Fsp3) is 0.814. The van der Waals surface area contributed by atoms with Crippen LogP contribution in [0.5, 0.6) is 0 Å². The zero-order chi connectivity index (χ0) is 33.1. The van der Waals surface area contributed by atoms with Crippen molar-refractivity contribution in [2.75, 3.05) is 46.6 Å². The zero-order valence-electron chi connectivity index (χ0n) is 31.3. The number of rotatable bonds is 34. The van der Waals surface area contributed by atoms with Crippen LogP contribution in [-0.2, 0) is 9.47 Å². The molecule has 1 rings (SSSR count). The molecule has 0 aliphatic carbocycles. The summed E-state index contributed by atoms with van der Waals surface area (Å²) >= 11 is 0. The average Bonchev–Trinajstić information content (AvgIpc) is 3.43. The van der Waals surface area contributed by atoms with Crippen molar-refractivity contribution in [1.82, 2.24) is 4.90 Å². The highest BCUT2D eigenvalue weighted by Crippen LogP contribution is 2.31. The van der Waals surface area contributed by atoms with E-state index >= 15 is 0 Å². The van der Waals surface area contributed by atoms with Gasteiger partial charge in [0, 0.05) is 25.2 Å². The van der Waals surface area contributed by atoms with E-state index in [0.717, 1.165) is 45.8 Å². The van der Waals surface area contributed by atoms with Crippen molar-refractivity contribution in [2.45, 2.75) is 174 Å². The largest absolute Gasteiger partial charge is 0.381 e. The van der Waals surface area contributed by atoms with Crippen LogP contribution in [0, 0.1) is 5.41 Å². The molecule has 0 bridgehead atoms. The standard InChI is InChI=1S/C43H79NO2/c1-4-6-8-10-12-14-16-18-20-22-24-26-28-30-32-34-38-45-41-43(36-37-44(3)40-43)42-46-39-35-33-31-29-27-25-23-21-19-17-15-13-11-9-7-5-2/h12-15,18-21H,4-11,16-17,22-42H2,1-3H3/b14-12-,15-13-,20-18-,21-19-. The van der Waals surface area contributed by atoms with Gasteiger partial charge in [0.2, 0.25) is 0 Å². The SMILES string of the molecule is CCCCC/C=C\C/C=C\CCCCCCCCOCC1(COCCCCCCCC/C=C\C/C=C\CCCCC)CCN(C)C1. The molecule has 3 nitrogen and oxygen atoms in total. The molecule has 1 heterocycles. The number of hydrogen-bond acceptors (Lipinski definition) is 3. The second-order valence-electron chi connectivity index (χ2n) is 14.3. The summed E-state index contributed by atoms with van der Waals surface area (Å²) in [4.78, 5) is 2.45. The van der Waals surface area contributed by atoms with Crippen molar-refractivity contribution in [3.63, 3.8) is 0 Å². The van der Waals surface area contributed by atoms with E-state index in [4.69, 9.17) is 9.47 Å². The third-order valence-electron chi connectivity index (χ3n) is 9.42. The maximum Gasteiger partial charge on any atom is 0.0557 e. The van der Waals surface area contributed by atoms with Gasteiger partial charge in [0.25, 0.3) is 0 Å². The van der Waals surface area contributed by atoms with E-state index in [0.29, 0.717) is 0 Å². The summed E-state index contributed by atoms with van der Waals surface area (Å²) in [5, 5.41) is 0. The van der Waals surface area contributed by atoms with E-state index in [9.17, 15) is 0 Å². The van der Waals surface area contributed by atoms with E-state index in [1.54, 1.807) is 0 Å². The van der Waals surface area contributed by atoms with Gasteiger partial charge in [-0.05, 0) is 97.1 Å². The van der Waals surface area contributed by atoms with E-state index in [1.165, 1.54) is 154 Å². The Balaban J connectivity index is 1.94. The average molecular weight is 642 g/mol. The van der Waals surface area contributed by atoms with E-state index < -0.39 is 0 Å². The summed E-state index contributed by atoms with van der Waals surface area (Å²) < 4.78 is 12.5. The van der Waals surface area contributed by atoms with Crippen molar-refractivity contribution >= 4 is 0 Å². The van der Waals surface area contributed by atoms with Crippen LogP contribution in [0.4, 0.5) is 0 Å². The fourth-order valence-electron chi connectivity index (χ4n) is 6.40. The number of hydrogen-bond donors (Lipinski definition) is 0. The summed E-state index contributed by atoms with van der Waals surface area (Å²) in [6, 6.07) is 0. The van der Waals surface area contributed by atoms with E-state index in [1.807, 2.05) is 0 Å². The Morgan fingerprint density at radius 3 is 1.22 bits per heavy atom. The predicted octanol–water partition coefficient (Wildman–Crippen LogP) is 13.0. The third kappa shape index (κ3) is 27.9. The summed E-state index contributed by atoms with van der Waals surface area (Å²) in [5.41, 5.74) is 0.200. The molecule has 0 aromatic carbocycles. The minimum Gasteiger partial charge on any atom is -0.381 e. The molecule has 268 valence electrons. The van der Waals surface area contributed by atoms with Crippen LogP contribution in [-0.4, -0.2) is 51.5 Å². The van der Waals surface area contributed by atoms with Gasteiger partial charge < -0.3 is 14.4 Å². The van der Waals surface area contributed by atoms with Gasteiger partial charge in [0.1, 0.15) is 0 Å². The first kappa shape index (κ1) is 42.9. The summed E-state index contributed by atoms with van der Waals surface area (Å²) in [5.74, 6) is 0. The van der Waals surface area contributed by atoms with Crippen LogP contribution < -0.4 is 0 Å². The molecule has 3 heteroatoms. The topological polar surface area (TPSA) is 21.7 Å². The van der Waals surface area contributed by atoms with Gasteiger partial charge in [0.05, 0.1) is 13.2 Å². The lowest BCUT2D eigenvalue weighted by Gasteiger charge is -2.28. The Hall–Kier alpha value is -1.16. The predicted molar refractivity (Wildman–Crippen MR) is 205 cm³/mol. The first-order valence-corrected chi connectivity index (χ1v) is 20.2. The summed E-state index contributed by atoms with van der Waals surface area (Å²) in [6.45, 7) is 10.4. The molecular formula is C43H79NO2. The first-order valence-electron chi connectivity index (χ1n) is 20.2. The molecule has 0 amide bonds. The van der Waals surface area contributed by atoms with Crippen LogP contribution in [0.15, 0.2) is 48.6 Å². The van der Waals surface area contributed by atoms with Crippen molar-refractivity contribution in [2.24, 2.45) is 5.41 Å². The van der Waals surface area contributed by atoms with Crippen LogP contribution in [0.3, 0.4) is 0 Å². The molecule has 0 aromatic heterocycles. The third-order valence-corrected chi connectivity index (χ3v) is 9.42. The van der Waals surface area contributed by atoms with Crippen molar-refractivity contribution < 1.29 is 9.47 Å². The van der Waals surface area contributed by atoms with Crippen molar-refractivity contribution in [3.05, 3.63) is 48.6 Å². The molecule has 0 radical (unpaired) electrons. The maximum atomic E-state index is 6.25. The van der Waals surface area contributed by atoms with Crippen LogP contribution in [0.2, 0.25) is 0 Å². The van der Waals surface area contributed by atoms with Gasteiger partial charge in [-0.3, -0.25) is 0 Å². The summed E-state index contributed by atoms with van der Waals surface area (Å²) in [7, 11) is 2.24. The Morgan fingerprint density at radius 2 is 0.848 bits per heavy atom. The van der Waals surface area contributed by atoms with Crippen LogP contribution >= 0.6 is 0 Å². The zero-order valence-corrected chi connectivity index (χ0v) is 31.3. The van der Waals surface area contributed by atoms with Gasteiger partial charge in [0.15, 0.2) is 0 Å². The molecule has 0 saturated carbocycles. The maximum absolute atomic E-state index is 6.25. The second-order valence-corrected chi connectivity index (χ2v) is 14.3. The Labute approximate surface area is 288 Å². The lowest BCUT2D eigenvalue weighted by Crippen LogP contribution is -2.35. The van der Waals surface area contributed by atoms with Gasteiger partial charge in [-0.15, -0.1) is 0 Å². The first-order chi connectivity index (χ1) is 22.7. The van der Waals surface area contributed by atoms with Gasteiger partial charge in [-0.1, -0.05) is 140 Å². The molecule has 1 aliphatic rings. The number of nitrogens with zero attached hydrogens (tertiary/aromatic N) is 1. The lowest BCUT2D eigenvalue weighted by atomic mass is 9.89. The molecule has 0 spiro atoms. The molecule has 1 saturated heterocycles. The molecule has 1 fully saturated rings. The highest BCUT2D eigenvalue weighted by molar-refractivity contribution is 4.93. The number of allylic oxidation sites excluding steroid dienone is 8. The molecule has 0 aromatic rings. The Kier molecular flexibility index (Phi) is 31.4. The minimum atomic E-state index is 0.200. The molecule has 1 aliphatic heterocycles. The summed E-state index contributed by atoms with van der Waals surface area (Å²) in [6.07, 6.45) is 51.0. The quantitative estimate of drug-likeness (QED) is 0.0515. The number of unbranched alkanes of at least 4 members (excludes halogenated alkanes) is 18. The van der Waals surface area contributed by atoms with Gasteiger partial charge in [-0.2, -0.15) is 0 Å². The monoisotopic (exact) mass is 642 g/mol. The van der Waals surface area contributed by atoms with Gasteiger partial charge in [-0.25, -0.2) is 0 Å². The number of likely N-dealkylation sites (tertiary alicyclic amines) is 1. The molecule has 46 heavy (non-hydrogen) atoms. The lowest BCUT2D eigenvalue weighted by molar-refractivity contribution is -0.0181. The minimum absolute atomic E-state index is 0.200. The second kappa shape index (κ2) is 33.7.